The molecule has 0 bridgehead atoms. The van der Waals surface area contributed by atoms with Crippen molar-refractivity contribution in [2.45, 2.75) is 12.0 Å². The van der Waals surface area contributed by atoms with Crippen LogP contribution in [0.5, 0.6) is 0 Å². The first kappa shape index (κ1) is 17.5. The number of ether oxygens (including phenoxy) is 1. The van der Waals surface area contributed by atoms with E-state index in [4.69, 9.17) is 9.11 Å². The van der Waals surface area contributed by atoms with E-state index in [2.05, 4.69) is 4.74 Å². The van der Waals surface area contributed by atoms with Crippen molar-refractivity contribution in [2.75, 3.05) is 18.2 Å². The van der Waals surface area contributed by atoms with Gasteiger partial charge in [-0.25, -0.2) is 8.78 Å². The number of hydrogen-bond acceptors (Lipinski definition) is 5. The zero-order valence-electron chi connectivity index (χ0n) is 8.39. The summed E-state index contributed by atoms with van der Waals surface area (Å²) in [6, 6.07) is 0. The number of hydrogen-bond donors (Lipinski definition) is 2. The van der Waals surface area contributed by atoms with Crippen LogP contribution in [0.3, 0.4) is 0 Å². The molecule has 7 nitrogen and oxygen atoms in total. The Labute approximate surface area is 99.2 Å². The third-order valence-corrected chi connectivity index (χ3v) is 2.88. The van der Waals surface area contributed by atoms with Crippen LogP contribution in [0.2, 0.25) is 0 Å². The highest BCUT2D eigenvalue weighted by Gasteiger charge is 2.49. The highest BCUT2D eigenvalue weighted by molar-refractivity contribution is 7.86. The molecule has 0 heterocycles. The van der Waals surface area contributed by atoms with Crippen LogP contribution in [0, 0.1) is 0 Å². The topological polar surface area (TPSA) is 118 Å². The van der Waals surface area contributed by atoms with Gasteiger partial charge in [0.15, 0.2) is 6.67 Å². The minimum Gasteiger partial charge on any atom is -0.285 e. The van der Waals surface area contributed by atoms with Crippen LogP contribution in [0.4, 0.5) is 17.6 Å². The Morgan fingerprint density at radius 3 is 1.50 bits per heavy atom. The van der Waals surface area contributed by atoms with Crippen molar-refractivity contribution in [1.82, 2.24) is 0 Å². The molecule has 0 radical (unpaired) electrons. The van der Waals surface area contributed by atoms with Gasteiger partial charge in [0.1, 0.15) is 11.5 Å². The third kappa shape index (κ3) is 7.75. The first-order valence-electron chi connectivity index (χ1n) is 3.91. The van der Waals surface area contributed by atoms with E-state index in [9.17, 15) is 34.4 Å². The van der Waals surface area contributed by atoms with E-state index in [1.54, 1.807) is 0 Å². The van der Waals surface area contributed by atoms with Crippen molar-refractivity contribution in [2.24, 2.45) is 0 Å². The van der Waals surface area contributed by atoms with E-state index in [-0.39, 0.29) is 0 Å². The summed E-state index contributed by atoms with van der Waals surface area (Å²) in [5.41, 5.74) is 0. The van der Waals surface area contributed by atoms with E-state index in [1.165, 1.54) is 0 Å². The Hall–Kier alpha value is -0.500. The molecule has 0 aliphatic rings. The molecule has 13 heteroatoms. The standard InChI is InChI=1S/C5H8F4O7S2/c6-1-5(8,9)16-4(7,2-17(10,11)12)3-18(13,14)15/h1-3H2,(H,10,11,12)(H,13,14,15). The molecule has 0 aromatic heterocycles. The Balaban J connectivity index is 5.29. The third-order valence-electron chi connectivity index (χ3n) is 1.28. The number of alkyl halides is 4. The van der Waals surface area contributed by atoms with Gasteiger partial charge in [-0.3, -0.25) is 13.8 Å². The predicted octanol–water partition coefficient (Wildman–Crippen LogP) is 0.00670. The number of rotatable bonds is 7. The largest absolute Gasteiger partial charge is 0.386 e. The Morgan fingerprint density at radius 1 is 0.944 bits per heavy atom. The summed E-state index contributed by atoms with van der Waals surface area (Å²) in [6.07, 6.45) is -4.83. The van der Waals surface area contributed by atoms with Gasteiger partial charge in [-0.15, -0.1) is 0 Å². The molecule has 0 unspecified atom stereocenters. The van der Waals surface area contributed by atoms with Crippen LogP contribution in [-0.2, 0) is 25.0 Å². The van der Waals surface area contributed by atoms with E-state index >= 15 is 0 Å². The maximum absolute atomic E-state index is 13.5. The molecule has 0 fully saturated rings. The molecule has 18 heavy (non-hydrogen) atoms. The van der Waals surface area contributed by atoms with Gasteiger partial charge in [-0.05, 0) is 0 Å². The van der Waals surface area contributed by atoms with E-state index in [1.807, 2.05) is 0 Å². The molecule has 0 rings (SSSR count). The quantitative estimate of drug-likeness (QED) is 0.501. The predicted molar refractivity (Wildman–Crippen MR) is 48.7 cm³/mol. The van der Waals surface area contributed by atoms with Gasteiger partial charge in [0.25, 0.3) is 20.2 Å². The lowest BCUT2D eigenvalue weighted by molar-refractivity contribution is -0.321. The normalized spacial score (nSPS) is 14.8. The zero-order valence-corrected chi connectivity index (χ0v) is 10.0. The molecule has 0 spiro atoms. The Morgan fingerprint density at radius 2 is 1.28 bits per heavy atom. The van der Waals surface area contributed by atoms with Crippen LogP contribution in [0.1, 0.15) is 0 Å². The van der Waals surface area contributed by atoms with Gasteiger partial charge in [0, 0.05) is 0 Å². The molecular weight excluding hydrogens is 312 g/mol. The average molecular weight is 320 g/mol. The first-order chi connectivity index (χ1) is 7.68. The Bertz CT molecular complexity index is 450. The fourth-order valence-corrected chi connectivity index (χ4v) is 2.48. The fraction of sp³-hybridized carbons (Fsp3) is 1.00. The molecule has 0 aromatic rings. The summed E-state index contributed by atoms with van der Waals surface area (Å²) >= 11 is 0. The van der Waals surface area contributed by atoms with E-state index in [0.29, 0.717) is 0 Å². The molecular formula is C5H8F4O7S2. The van der Waals surface area contributed by atoms with Gasteiger partial charge in [0.05, 0.1) is 0 Å². The van der Waals surface area contributed by atoms with Crippen molar-refractivity contribution in [3.63, 3.8) is 0 Å². The molecule has 0 amide bonds. The first-order valence-corrected chi connectivity index (χ1v) is 7.13. The van der Waals surface area contributed by atoms with Crippen molar-refractivity contribution in [3.8, 4) is 0 Å². The molecule has 0 aliphatic heterocycles. The second-order valence-corrected chi connectivity index (χ2v) is 6.11. The summed E-state index contributed by atoms with van der Waals surface area (Å²) in [5, 5.41) is 0. The minimum absolute atomic E-state index is 2.23. The monoisotopic (exact) mass is 320 g/mol. The second-order valence-electron chi connectivity index (χ2n) is 3.21. The van der Waals surface area contributed by atoms with Crippen LogP contribution >= 0.6 is 0 Å². The minimum atomic E-state index is -5.27. The summed E-state index contributed by atoms with van der Waals surface area (Å²) in [7, 11) is -10.5. The lowest BCUT2D eigenvalue weighted by Gasteiger charge is -2.26. The second kappa shape index (κ2) is 5.24. The maximum atomic E-state index is 13.5. The average Bonchev–Trinajstić information content (AvgIpc) is 1.93. The highest BCUT2D eigenvalue weighted by Crippen LogP contribution is 2.28. The van der Waals surface area contributed by atoms with Gasteiger partial charge >= 0.3 is 6.11 Å². The van der Waals surface area contributed by atoms with E-state index in [0.717, 1.165) is 0 Å². The van der Waals surface area contributed by atoms with Crippen LogP contribution in [0.15, 0.2) is 0 Å². The lowest BCUT2D eigenvalue weighted by Crippen LogP contribution is -2.47. The summed E-state index contributed by atoms with van der Waals surface area (Å²) in [5.74, 6) is -8.67. The van der Waals surface area contributed by atoms with Crippen LogP contribution in [0.25, 0.3) is 0 Å². The maximum Gasteiger partial charge on any atom is 0.386 e. The van der Waals surface area contributed by atoms with Crippen molar-refractivity contribution >= 4 is 20.2 Å². The smallest absolute Gasteiger partial charge is 0.285 e. The molecule has 0 saturated heterocycles. The van der Waals surface area contributed by atoms with E-state index < -0.39 is 50.4 Å². The van der Waals surface area contributed by atoms with Crippen molar-refractivity contribution in [1.29, 1.82) is 0 Å². The SMILES string of the molecule is O=S(=O)(O)CC(F)(CS(=O)(=O)O)OC(F)(F)CF. The van der Waals surface area contributed by atoms with Crippen molar-refractivity contribution < 1.29 is 48.2 Å². The van der Waals surface area contributed by atoms with Crippen molar-refractivity contribution in [3.05, 3.63) is 0 Å². The summed E-state index contributed by atoms with van der Waals surface area (Å²) < 4.78 is 111. The van der Waals surface area contributed by atoms with Gasteiger partial charge in [-0.1, -0.05) is 0 Å². The summed E-state index contributed by atoms with van der Waals surface area (Å²) in [6.45, 7) is -2.57. The highest BCUT2D eigenvalue weighted by atomic mass is 32.2. The van der Waals surface area contributed by atoms with Gasteiger partial charge < -0.3 is 0 Å². The van der Waals surface area contributed by atoms with Gasteiger partial charge in [-0.2, -0.15) is 25.6 Å². The molecule has 0 atom stereocenters. The van der Waals surface area contributed by atoms with Gasteiger partial charge in [0.2, 0.25) is 5.85 Å². The molecule has 0 saturated carbocycles. The molecule has 0 aliphatic carbocycles. The Kier molecular flexibility index (Phi) is 5.10. The molecule has 110 valence electrons. The van der Waals surface area contributed by atoms with Crippen LogP contribution in [-0.4, -0.2) is 56.1 Å². The molecule has 0 aromatic carbocycles. The summed E-state index contributed by atoms with van der Waals surface area (Å²) in [4.78, 5) is 0. The molecule has 2 N–H and O–H groups in total. The lowest BCUT2D eigenvalue weighted by atomic mass is 10.4. The fourth-order valence-electron chi connectivity index (χ4n) is 0.940. The number of halogens is 4. The zero-order chi connectivity index (χ0) is 14.8. The van der Waals surface area contributed by atoms with Crippen LogP contribution < -0.4 is 0 Å².